The summed E-state index contributed by atoms with van der Waals surface area (Å²) in [5, 5.41) is 11.2. The van der Waals surface area contributed by atoms with Gasteiger partial charge >= 0.3 is 0 Å². The van der Waals surface area contributed by atoms with E-state index in [1.54, 1.807) is 24.3 Å². The summed E-state index contributed by atoms with van der Waals surface area (Å²) in [4.78, 5) is 12.2. The summed E-state index contributed by atoms with van der Waals surface area (Å²) in [5.41, 5.74) is 0.959. The predicted molar refractivity (Wildman–Crippen MR) is 81.7 cm³/mol. The third-order valence-corrected chi connectivity index (χ3v) is 4.76. The zero-order valence-corrected chi connectivity index (χ0v) is 13.2. The van der Waals surface area contributed by atoms with E-state index in [1.165, 1.54) is 0 Å². The van der Waals surface area contributed by atoms with Gasteiger partial charge in [-0.1, -0.05) is 44.5 Å². The number of hydrogen-bond donors (Lipinski definition) is 1. The van der Waals surface area contributed by atoms with E-state index in [2.05, 4.69) is 20.8 Å². The van der Waals surface area contributed by atoms with Gasteiger partial charge in [0, 0.05) is 17.4 Å². The van der Waals surface area contributed by atoms with Crippen LogP contribution in [-0.2, 0) is 4.79 Å². The summed E-state index contributed by atoms with van der Waals surface area (Å²) in [6.07, 6.45) is 1.57. The van der Waals surface area contributed by atoms with Gasteiger partial charge in [-0.25, -0.2) is 0 Å². The molecule has 1 aliphatic rings. The van der Waals surface area contributed by atoms with Crippen molar-refractivity contribution >= 4 is 17.4 Å². The second-order valence-corrected chi connectivity index (χ2v) is 7.34. The van der Waals surface area contributed by atoms with Crippen LogP contribution in [0.2, 0.25) is 5.02 Å². The van der Waals surface area contributed by atoms with Crippen molar-refractivity contribution in [3.8, 4) is 0 Å². The molecule has 2 rings (SSSR count). The first kappa shape index (κ1) is 15.5. The van der Waals surface area contributed by atoms with Crippen molar-refractivity contribution in [3.63, 3.8) is 0 Å². The van der Waals surface area contributed by atoms with E-state index in [4.69, 9.17) is 11.6 Å². The monoisotopic (exact) mass is 294 g/mol. The molecule has 1 N–H and O–H groups in total. The molecule has 110 valence electrons. The van der Waals surface area contributed by atoms with Crippen LogP contribution in [0.5, 0.6) is 0 Å². The van der Waals surface area contributed by atoms with E-state index in [1.807, 2.05) is 0 Å². The van der Waals surface area contributed by atoms with Crippen molar-refractivity contribution in [2.45, 2.75) is 46.1 Å². The van der Waals surface area contributed by atoms with Gasteiger partial charge in [-0.05, 0) is 41.9 Å². The van der Waals surface area contributed by atoms with E-state index >= 15 is 0 Å². The molecular weight excluding hydrogens is 272 g/mol. The molecule has 0 aromatic heterocycles. The Morgan fingerprint density at radius 1 is 1.25 bits per heavy atom. The number of carbonyl (C=O) groups is 1. The summed E-state index contributed by atoms with van der Waals surface area (Å²) in [5.74, 6) is 0.384. The first-order chi connectivity index (χ1) is 9.29. The van der Waals surface area contributed by atoms with Gasteiger partial charge in [0.1, 0.15) is 5.78 Å². The number of ketones is 1. The highest BCUT2D eigenvalue weighted by Crippen LogP contribution is 2.42. The fourth-order valence-electron chi connectivity index (χ4n) is 3.04. The van der Waals surface area contributed by atoms with Crippen molar-refractivity contribution < 1.29 is 9.90 Å². The van der Waals surface area contributed by atoms with Gasteiger partial charge < -0.3 is 5.11 Å². The number of rotatable bonds is 2. The summed E-state index contributed by atoms with van der Waals surface area (Å²) in [6.45, 7) is 6.62. The van der Waals surface area contributed by atoms with Crippen LogP contribution in [0.4, 0.5) is 0 Å². The van der Waals surface area contributed by atoms with Crippen LogP contribution < -0.4 is 0 Å². The van der Waals surface area contributed by atoms with Gasteiger partial charge in [0.2, 0.25) is 0 Å². The number of Topliss-reactive ketones (excluding diaryl/α,β-unsaturated/α-hetero) is 1. The first-order valence-corrected chi connectivity index (χ1v) is 7.63. The Morgan fingerprint density at radius 3 is 2.40 bits per heavy atom. The number of aliphatic hydroxyl groups excluding tert-OH is 1. The molecule has 1 saturated carbocycles. The molecule has 1 aliphatic carbocycles. The Bertz CT molecular complexity index is 473. The van der Waals surface area contributed by atoms with Gasteiger partial charge in [-0.2, -0.15) is 0 Å². The van der Waals surface area contributed by atoms with E-state index in [9.17, 15) is 9.90 Å². The minimum atomic E-state index is -0.718. The maximum atomic E-state index is 12.2. The summed E-state index contributed by atoms with van der Waals surface area (Å²) < 4.78 is 0. The van der Waals surface area contributed by atoms with E-state index < -0.39 is 6.10 Å². The van der Waals surface area contributed by atoms with Crippen molar-refractivity contribution in [3.05, 3.63) is 34.9 Å². The van der Waals surface area contributed by atoms with Crippen molar-refractivity contribution in [1.82, 2.24) is 0 Å². The highest BCUT2D eigenvalue weighted by Gasteiger charge is 2.38. The molecular formula is C17H23ClO2. The highest BCUT2D eigenvalue weighted by atomic mass is 35.5. The van der Waals surface area contributed by atoms with Crippen LogP contribution in [0.15, 0.2) is 24.3 Å². The molecule has 1 fully saturated rings. The standard InChI is InChI=1S/C17H23ClO2/c1-17(2,3)12-6-9-15(19)14(10-12)16(20)11-4-7-13(18)8-5-11/h4-5,7-8,12,14,16,20H,6,9-10H2,1-3H3/t12-,14+,16-/m0/s1. The number of carbonyl (C=O) groups excluding carboxylic acids is 1. The molecule has 3 heteroatoms. The van der Waals surface area contributed by atoms with Crippen molar-refractivity contribution in [1.29, 1.82) is 0 Å². The topological polar surface area (TPSA) is 37.3 Å². The molecule has 0 spiro atoms. The second kappa shape index (κ2) is 5.87. The minimum Gasteiger partial charge on any atom is -0.388 e. The largest absolute Gasteiger partial charge is 0.388 e. The molecule has 0 bridgehead atoms. The number of benzene rings is 1. The molecule has 3 atom stereocenters. The lowest BCUT2D eigenvalue weighted by atomic mass is 9.67. The van der Waals surface area contributed by atoms with Crippen LogP contribution >= 0.6 is 11.6 Å². The number of hydrogen-bond acceptors (Lipinski definition) is 2. The van der Waals surface area contributed by atoms with E-state index in [-0.39, 0.29) is 17.1 Å². The Hall–Kier alpha value is -0.860. The molecule has 0 amide bonds. The van der Waals surface area contributed by atoms with Gasteiger partial charge in [-0.3, -0.25) is 4.79 Å². The third kappa shape index (κ3) is 3.42. The normalized spacial score (nSPS) is 25.6. The molecule has 2 nitrogen and oxygen atoms in total. The average molecular weight is 295 g/mol. The minimum absolute atomic E-state index is 0.179. The van der Waals surface area contributed by atoms with Crippen LogP contribution in [0.3, 0.4) is 0 Å². The van der Waals surface area contributed by atoms with Crippen LogP contribution in [0.1, 0.15) is 51.7 Å². The lowest BCUT2D eigenvalue weighted by Crippen LogP contribution is -2.35. The quantitative estimate of drug-likeness (QED) is 0.877. The van der Waals surface area contributed by atoms with Crippen LogP contribution in [-0.4, -0.2) is 10.9 Å². The molecule has 0 unspecified atom stereocenters. The van der Waals surface area contributed by atoms with Crippen molar-refractivity contribution in [2.24, 2.45) is 17.3 Å². The molecule has 0 heterocycles. The molecule has 0 saturated heterocycles. The maximum absolute atomic E-state index is 12.2. The Labute approximate surface area is 126 Å². The van der Waals surface area contributed by atoms with Gasteiger partial charge in [0.25, 0.3) is 0 Å². The van der Waals surface area contributed by atoms with Gasteiger partial charge in [-0.15, -0.1) is 0 Å². The summed E-state index contributed by atoms with van der Waals surface area (Å²) in [7, 11) is 0. The second-order valence-electron chi connectivity index (χ2n) is 6.91. The lowest BCUT2D eigenvalue weighted by Gasteiger charge is -2.38. The van der Waals surface area contributed by atoms with E-state index in [0.29, 0.717) is 17.4 Å². The van der Waals surface area contributed by atoms with Crippen LogP contribution in [0, 0.1) is 17.3 Å². The molecule has 1 aromatic rings. The molecule has 0 aliphatic heterocycles. The number of aliphatic hydroxyl groups is 1. The van der Waals surface area contributed by atoms with Crippen LogP contribution in [0.25, 0.3) is 0 Å². The zero-order valence-electron chi connectivity index (χ0n) is 12.4. The highest BCUT2D eigenvalue weighted by molar-refractivity contribution is 6.30. The van der Waals surface area contributed by atoms with Gasteiger partial charge in [0.15, 0.2) is 0 Å². The van der Waals surface area contributed by atoms with E-state index in [0.717, 1.165) is 18.4 Å². The van der Waals surface area contributed by atoms with Crippen molar-refractivity contribution in [2.75, 3.05) is 0 Å². The van der Waals surface area contributed by atoms with Gasteiger partial charge in [0.05, 0.1) is 6.10 Å². The average Bonchev–Trinajstić information content (AvgIpc) is 2.38. The Morgan fingerprint density at radius 2 is 1.85 bits per heavy atom. The number of halogens is 1. The smallest absolute Gasteiger partial charge is 0.138 e. The zero-order chi connectivity index (χ0) is 14.9. The third-order valence-electron chi connectivity index (χ3n) is 4.51. The fourth-order valence-corrected chi connectivity index (χ4v) is 3.17. The molecule has 20 heavy (non-hydrogen) atoms. The summed E-state index contributed by atoms with van der Waals surface area (Å²) >= 11 is 5.87. The summed E-state index contributed by atoms with van der Waals surface area (Å²) in [6, 6.07) is 7.13. The Balaban J connectivity index is 2.16. The molecule has 1 aromatic carbocycles. The fraction of sp³-hybridized carbons (Fsp3) is 0.588. The SMILES string of the molecule is CC(C)(C)[C@H]1CCC(=O)[C@H]([C@@H](O)c2ccc(Cl)cc2)C1. The Kier molecular flexibility index (Phi) is 4.55. The molecule has 0 radical (unpaired) electrons. The predicted octanol–water partition coefficient (Wildman–Crippen LogP) is 4.40. The first-order valence-electron chi connectivity index (χ1n) is 7.25. The lowest BCUT2D eigenvalue weighted by molar-refractivity contribution is -0.131. The maximum Gasteiger partial charge on any atom is 0.138 e.